The van der Waals surface area contributed by atoms with Crippen molar-refractivity contribution in [1.82, 2.24) is 25.5 Å². The molecule has 3 aromatic rings. The molecule has 2 atom stereocenters. The molecule has 0 radical (unpaired) electrons. The maximum absolute atomic E-state index is 15.1. The first-order chi connectivity index (χ1) is 17.8. The van der Waals surface area contributed by atoms with Crippen LogP contribution in [-0.4, -0.2) is 70.4 Å². The molecule has 0 aliphatic carbocycles. The average Bonchev–Trinajstić information content (AvgIpc) is 3.45. The number of H-pyrrole nitrogens is 1. The third kappa shape index (κ3) is 5.38. The summed E-state index contributed by atoms with van der Waals surface area (Å²) in [6.45, 7) is 5.01. The molecule has 1 aromatic heterocycles. The van der Waals surface area contributed by atoms with Crippen molar-refractivity contribution in [2.24, 2.45) is 0 Å². The Kier molecular flexibility index (Phi) is 6.74. The van der Waals surface area contributed by atoms with Gasteiger partial charge in [0.05, 0.1) is 34.1 Å². The lowest BCUT2D eigenvalue weighted by molar-refractivity contribution is -0.384. The van der Waals surface area contributed by atoms with E-state index in [1.54, 1.807) is 12.1 Å². The summed E-state index contributed by atoms with van der Waals surface area (Å²) in [5, 5.41) is 16.6. The Morgan fingerprint density at radius 3 is 2.70 bits per heavy atom. The van der Waals surface area contributed by atoms with E-state index < -0.39 is 10.8 Å². The zero-order valence-corrected chi connectivity index (χ0v) is 20.4. The number of amides is 2. The molecule has 2 fully saturated rings. The number of nitrogens with one attached hydrogen (secondary N) is 3. The number of hydrogen-bond donors (Lipinski definition) is 3. The number of imidazole rings is 1. The lowest BCUT2D eigenvalue weighted by Gasteiger charge is -2.36. The van der Waals surface area contributed by atoms with Crippen molar-refractivity contribution < 1.29 is 18.9 Å². The Bertz CT molecular complexity index is 1350. The van der Waals surface area contributed by atoms with Gasteiger partial charge in [-0.2, -0.15) is 0 Å². The number of benzene rings is 2. The van der Waals surface area contributed by atoms with Gasteiger partial charge in [-0.15, -0.1) is 0 Å². The number of carbonyl (C=O) groups excluding carboxylic acids is 2. The topological polar surface area (TPSA) is 136 Å². The van der Waals surface area contributed by atoms with Crippen molar-refractivity contribution >= 4 is 34.2 Å². The second kappa shape index (κ2) is 10.1. The number of anilines is 1. The van der Waals surface area contributed by atoms with Crippen LogP contribution in [0.3, 0.4) is 0 Å². The molecule has 0 bridgehead atoms. The molecule has 2 aliphatic rings. The van der Waals surface area contributed by atoms with Crippen molar-refractivity contribution in [3.63, 3.8) is 0 Å². The Balaban J connectivity index is 1.18. The number of nitro groups is 1. The van der Waals surface area contributed by atoms with E-state index in [0.717, 1.165) is 5.82 Å². The summed E-state index contributed by atoms with van der Waals surface area (Å²) >= 11 is 0. The van der Waals surface area contributed by atoms with Crippen LogP contribution in [0.5, 0.6) is 0 Å². The molecule has 0 spiro atoms. The van der Waals surface area contributed by atoms with Crippen molar-refractivity contribution in [3.8, 4) is 0 Å². The third-order valence-electron chi connectivity index (χ3n) is 6.97. The lowest BCUT2D eigenvalue weighted by Crippen LogP contribution is -2.46. The second-order valence-electron chi connectivity index (χ2n) is 9.55. The summed E-state index contributed by atoms with van der Waals surface area (Å²) in [5.74, 6) is -0.383. The number of non-ortho nitro benzene ring substituents is 1. The minimum atomic E-state index is -0.440. The van der Waals surface area contributed by atoms with Crippen LogP contribution >= 0.6 is 0 Å². The first kappa shape index (κ1) is 24.6. The van der Waals surface area contributed by atoms with Crippen LogP contribution in [0.4, 0.5) is 15.8 Å². The third-order valence-corrected chi connectivity index (χ3v) is 6.97. The SMILES string of the molecule is CC(=O)NCC1C[C@@H](c2ccc(N3CCN(Cc4nc5ccc([N+](=O)[O-])cc5[nH]4)CC3)c(F)c2)C(=O)N1. The molecule has 0 saturated carbocycles. The quantitative estimate of drug-likeness (QED) is 0.328. The van der Waals surface area contributed by atoms with E-state index in [0.29, 0.717) is 68.0 Å². The van der Waals surface area contributed by atoms with Gasteiger partial charge in [-0.05, 0) is 30.2 Å². The zero-order valence-electron chi connectivity index (χ0n) is 20.4. The maximum atomic E-state index is 15.1. The van der Waals surface area contributed by atoms with E-state index >= 15 is 4.39 Å². The zero-order chi connectivity index (χ0) is 26.1. The molecule has 2 aromatic carbocycles. The highest BCUT2D eigenvalue weighted by Gasteiger charge is 2.33. The Labute approximate surface area is 212 Å². The summed E-state index contributed by atoms with van der Waals surface area (Å²) in [6.07, 6.45) is 0.506. The number of aromatic nitrogens is 2. The number of nitro benzene ring substituents is 1. The van der Waals surface area contributed by atoms with Gasteiger partial charge in [-0.25, -0.2) is 9.37 Å². The van der Waals surface area contributed by atoms with Gasteiger partial charge in [-0.3, -0.25) is 24.6 Å². The Hall–Kier alpha value is -4.06. The highest BCUT2D eigenvalue weighted by Crippen LogP contribution is 2.31. The normalized spacial score (nSPS) is 20.3. The molecule has 11 nitrogen and oxygen atoms in total. The van der Waals surface area contributed by atoms with Gasteiger partial charge in [0.1, 0.15) is 11.6 Å². The number of fused-ring (bicyclic) bond motifs is 1. The van der Waals surface area contributed by atoms with E-state index in [4.69, 9.17) is 0 Å². The van der Waals surface area contributed by atoms with Gasteiger partial charge in [0, 0.05) is 57.8 Å². The molecule has 2 saturated heterocycles. The first-order valence-electron chi connectivity index (χ1n) is 12.2. The fourth-order valence-corrected chi connectivity index (χ4v) is 5.03. The van der Waals surface area contributed by atoms with E-state index in [1.165, 1.54) is 25.1 Å². The van der Waals surface area contributed by atoms with Crippen LogP contribution in [0, 0.1) is 15.9 Å². The lowest BCUT2D eigenvalue weighted by atomic mass is 9.95. The number of rotatable bonds is 7. The van der Waals surface area contributed by atoms with Crippen LogP contribution in [0.1, 0.15) is 30.7 Å². The molecule has 1 unspecified atom stereocenters. The van der Waals surface area contributed by atoms with Crippen LogP contribution < -0.4 is 15.5 Å². The van der Waals surface area contributed by atoms with Crippen LogP contribution in [0.2, 0.25) is 0 Å². The summed E-state index contributed by atoms with van der Waals surface area (Å²) < 4.78 is 15.1. The first-order valence-corrected chi connectivity index (χ1v) is 12.2. The van der Waals surface area contributed by atoms with E-state index in [-0.39, 0.29) is 29.4 Å². The Morgan fingerprint density at radius 1 is 1.22 bits per heavy atom. The number of hydrogen-bond acceptors (Lipinski definition) is 7. The van der Waals surface area contributed by atoms with E-state index in [9.17, 15) is 19.7 Å². The largest absolute Gasteiger partial charge is 0.367 e. The molecular weight excluding hydrogens is 481 g/mol. The van der Waals surface area contributed by atoms with Crippen molar-refractivity contribution in [2.45, 2.75) is 31.8 Å². The number of nitrogens with zero attached hydrogens (tertiary/aromatic N) is 4. The van der Waals surface area contributed by atoms with E-state index in [1.807, 2.05) is 11.0 Å². The summed E-state index contributed by atoms with van der Waals surface area (Å²) in [5.41, 5.74) is 2.46. The molecule has 3 N–H and O–H groups in total. The Morgan fingerprint density at radius 2 is 2.00 bits per heavy atom. The number of carbonyl (C=O) groups is 2. The molecule has 5 rings (SSSR count). The fourth-order valence-electron chi connectivity index (χ4n) is 5.03. The van der Waals surface area contributed by atoms with Gasteiger partial charge in [-0.1, -0.05) is 6.07 Å². The monoisotopic (exact) mass is 509 g/mol. The summed E-state index contributed by atoms with van der Waals surface area (Å²) in [6, 6.07) is 9.38. The number of halogens is 1. The summed E-state index contributed by atoms with van der Waals surface area (Å²) in [7, 11) is 0. The highest BCUT2D eigenvalue weighted by atomic mass is 19.1. The predicted octanol–water partition coefficient (Wildman–Crippen LogP) is 2.04. The molecule has 194 valence electrons. The van der Waals surface area contributed by atoms with Crippen LogP contribution in [0.25, 0.3) is 11.0 Å². The van der Waals surface area contributed by atoms with Crippen molar-refractivity contribution in [2.75, 3.05) is 37.6 Å². The molecule has 12 heteroatoms. The van der Waals surface area contributed by atoms with Gasteiger partial charge in [0.15, 0.2) is 0 Å². The number of aromatic amines is 1. The minimum Gasteiger partial charge on any atom is -0.367 e. The van der Waals surface area contributed by atoms with Crippen LogP contribution in [-0.2, 0) is 16.1 Å². The molecular formula is C25H28FN7O4. The molecule has 37 heavy (non-hydrogen) atoms. The summed E-state index contributed by atoms with van der Waals surface area (Å²) in [4.78, 5) is 46.0. The molecule has 2 amide bonds. The number of piperazine rings is 1. The van der Waals surface area contributed by atoms with Gasteiger partial charge < -0.3 is 20.5 Å². The van der Waals surface area contributed by atoms with Gasteiger partial charge >= 0.3 is 0 Å². The molecule has 2 aliphatic heterocycles. The van der Waals surface area contributed by atoms with Crippen molar-refractivity contribution in [3.05, 3.63) is 63.7 Å². The van der Waals surface area contributed by atoms with Crippen molar-refractivity contribution in [1.29, 1.82) is 0 Å². The minimum absolute atomic E-state index is 0.0164. The van der Waals surface area contributed by atoms with E-state index in [2.05, 4.69) is 25.5 Å². The average molecular weight is 510 g/mol. The predicted molar refractivity (Wildman–Crippen MR) is 135 cm³/mol. The van der Waals surface area contributed by atoms with Gasteiger partial charge in [0.2, 0.25) is 11.8 Å². The molecule has 3 heterocycles. The van der Waals surface area contributed by atoms with Gasteiger partial charge in [0.25, 0.3) is 5.69 Å². The highest BCUT2D eigenvalue weighted by molar-refractivity contribution is 5.86. The fraction of sp³-hybridized carbons (Fsp3) is 0.400. The smallest absolute Gasteiger partial charge is 0.271 e. The maximum Gasteiger partial charge on any atom is 0.271 e. The van der Waals surface area contributed by atoms with Crippen LogP contribution in [0.15, 0.2) is 36.4 Å². The second-order valence-corrected chi connectivity index (χ2v) is 9.55. The standard InChI is InChI=1S/C25H28FN7O4/c1-15(34)27-13-17-11-19(25(35)28-17)16-2-5-23(20(26)10-16)32-8-6-31(7-9-32)14-24-29-21-4-3-18(33(36)37)12-22(21)30-24/h2-5,10,12,17,19H,6-9,11,13-14H2,1H3,(H,27,34)(H,28,35)(H,29,30)/t17?,19-/m0/s1.